The number of alkyl halides is 1. The minimum Gasteiger partial charge on any atom is -0.496 e. The van der Waals surface area contributed by atoms with Crippen LogP contribution in [0.4, 0.5) is 4.39 Å². The van der Waals surface area contributed by atoms with Gasteiger partial charge in [-0.3, -0.25) is 9.59 Å². The Morgan fingerprint density at radius 2 is 2.09 bits per heavy atom. The summed E-state index contributed by atoms with van der Waals surface area (Å²) in [7, 11) is 1.44. The van der Waals surface area contributed by atoms with E-state index in [1.165, 1.54) is 7.11 Å². The van der Waals surface area contributed by atoms with Crippen LogP contribution >= 0.6 is 0 Å². The number of hydrogen-bond acceptors (Lipinski definition) is 6. The van der Waals surface area contributed by atoms with E-state index < -0.39 is 29.9 Å². The first-order valence-electron chi connectivity index (χ1n) is 11.4. The average Bonchev–Trinajstić information content (AvgIpc) is 3.13. The fourth-order valence-electron chi connectivity index (χ4n) is 4.43. The molecule has 0 aliphatic carbocycles. The molecule has 0 radical (unpaired) electrons. The summed E-state index contributed by atoms with van der Waals surface area (Å²) in [4.78, 5) is 28.2. The number of aromatic nitrogens is 1. The molecule has 8 nitrogen and oxygen atoms in total. The molecule has 1 aromatic heterocycles. The van der Waals surface area contributed by atoms with E-state index in [4.69, 9.17) is 19.9 Å². The minimum atomic E-state index is -1.55. The zero-order valence-corrected chi connectivity index (χ0v) is 19.2. The number of carbonyl (C=O) groups excluding carboxylic acids is 2. The highest BCUT2D eigenvalue weighted by Crippen LogP contribution is 2.33. The van der Waals surface area contributed by atoms with E-state index in [1.54, 1.807) is 18.3 Å². The lowest BCUT2D eigenvalue weighted by atomic mass is 9.97. The first kappa shape index (κ1) is 23.8. The molecule has 180 valence electrons. The van der Waals surface area contributed by atoms with Crippen LogP contribution in [0, 0.1) is 23.7 Å². The van der Waals surface area contributed by atoms with Crippen LogP contribution in [-0.2, 0) is 9.53 Å². The van der Waals surface area contributed by atoms with Gasteiger partial charge in [-0.2, -0.15) is 0 Å². The first-order valence-corrected chi connectivity index (χ1v) is 11.4. The van der Waals surface area contributed by atoms with Gasteiger partial charge in [0.05, 0.1) is 24.3 Å². The van der Waals surface area contributed by atoms with Gasteiger partial charge >= 0.3 is 0 Å². The fourth-order valence-corrected chi connectivity index (χ4v) is 4.43. The van der Waals surface area contributed by atoms with E-state index in [2.05, 4.69) is 22.1 Å². The number of nitrogens with two attached hydrogens (primary N) is 1. The van der Waals surface area contributed by atoms with Gasteiger partial charge in [0.15, 0.2) is 6.17 Å². The summed E-state index contributed by atoms with van der Waals surface area (Å²) in [6.45, 7) is 3.26. The average molecular weight is 470 g/mol. The Balaban J connectivity index is 1.70. The molecule has 1 unspecified atom stereocenters. The van der Waals surface area contributed by atoms with Crippen molar-refractivity contribution in [1.29, 1.82) is 0 Å². The number of halogens is 1. The Bertz CT molecular complexity index is 1150. The fraction of sp³-hybridized carbons (Fsp3) is 0.480. The third-order valence-electron chi connectivity index (χ3n) is 6.41. The van der Waals surface area contributed by atoms with Crippen molar-refractivity contribution in [2.24, 2.45) is 17.6 Å². The number of primary amides is 1. The highest BCUT2D eigenvalue weighted by atomic mass is 19.1. The maximum absolute atomic E-state index is 14.2. The van der Waals surface area contributed by atoms with Gasteiger partial charge in [-0.15, -0.1) is 0 Å². The Morgan fingerprint density at radius 1 is 1.32 bits per heavy atom. The second kappa shape index (κ2) is 10.3. The van der Waals surface area contributed by atoms with Crippen LogP contribution < -0.4 is 20.5 Å². The van der Waals surface area contributed by atoms with Crippen molar-refractivity contribution in [2.75, 3.05) is 26.9 Å². The van der Waals surface area contributed by atoms with E-state index in [0.29, 0.717) is 36.0 Å². The van der Waals surface area contributed by atoms with Crippen molar-refractivity contribution in [1.82, 2.24) is 10.3 Å². The summed E-state index contributed by atoms with van der Waals surface area (Å²) in [5.41, 5.74) is 6.41. The number of rotatable bonds is 6. The molecule has 34 heavy (non-hydrogen) atoms. The molecule has 3 atom stereocenters. The second-order valence-corrected chi connectivity index (χ2v) is 8.50. The number of nitrogens with one attached hydrogen (secondary N) is 1. The summed E-state index contributed by atoms with van der Waals surface area (Å²) in [6, 6.07) is 2.80. The van der Waals surface area contributed by atoms with Gasteiger partial charge in [0.1, 0.15) is 12.4 Å². The lowest BCUT2D eigenvalue weighted by Crippen LogP contribution is -2.34. The monoisotopic (exact) mass is 469 g/mol. The molecule has 2 saturated heterocycles. The lowest BCUT2D eigenvalue weighted by molar-refractivity contribution is -0.123. The van der Waals surface area contributed by atoms with Crippen LogP contribution in [-0.4, -0.2) is 55.9 Å². The predicted octanol–water partition coefficient (Wildman–Crippen LogP) is 2.36. The number of hydrogen-bond donors (Lipinski definition) is 2. The van der Waals surface area contributed by atoms with E-state index >= 15 is 0 Å². The summed E-state index contributed by atoms with van der Waals surface area (Å²) in [5, 5.41) is 3.87. The van der Waals surface area contributed by atoms with Crippen molar-refractivity contribution in [3.8, 4) is 23.5 Å². The number of amides is 2. The third-order valence-corrected chi connectivity index (χ3v) is 6.41. The Labute approximate surface area is 197 Å². The second-order valence-electron chi connectivity index (χ2n) is 8.50. The molecule has 9 heteroatoms. The topological polar surface area (TPSA) is 113 Å². The predicted molar refractivity (Wildman–Crippen MR) is 123 cm³/mol. The minimum absolute atomic E-state index is 0.0553. The maximum Gasteiger partial charge on any atom is 0.255 e. The van der Waals surface area contributed by atoms with Gasteiger partial charge in [-0.05, 0) is 31.4 Å². The van der Waals surface area contributed by atoms with E-state index in [9.17, 15) is 14.0 Å². The van der Waals surface area contributed by atoms with Crippen LogP contribution in [0.25, 0.3) is 10.8 Å². The van der Waals surface area contributed by atoms with Crippen molar-refractivity contribution in [3.63, 3.8) is 0 Å². The SMILES string of the molecule is CC[C@@H]1C(F)C(=O)N[C@@H]1COc1ncc(C#CC2CCOCC2)c2cc(C(N)=O)c(OC)cc12. The molecule has 4 rings (SSSR count). The van der Waals surface area contributed by atoms with Gasteiger partial charge in [0.25, 0.3) is 11.8 Å². The number of nitrogens with zero attached hydrogens (tertiary/aromatic N) is 1. The Hall–Kier alpha value is -3.38. The third kappa shape index (κ3) is 4.77. The molecule has 2 amide bonds. The summed E-state index contributed by atoms with van der Waals surface area (Å²) < 4.78 is 30.9. The zero-order valence-electron chi connectivity index (χ0n) is 19.2. The van der Waals surface area contributed by atoms with Crippen molar-refractivity contribution >= 4 is 22.6 Å². The van der Waals surface area contributed by atoms with Gasteiger partial charge in [-0.1, -0.05) is 18.8 Å². The van der Waals surface area contributed by atoms with E-state index in [0.717, 1.165) is 12.8 Å². The normalized spacial score (nSPS) is 22.7. The van der Waals surface area contributed by atoms with Crippen molar-refractivity contribution in [3.05, 3.63) is 29.5 Å². The first-order chi connectivity index (χ1) is 16.4. The van der Waals surface area contributed by atoms with E-state index in [-0.39, 0.29) is 29.7 Å². The molecule has 2 aliphatic heterocycles. The number of pyridine rings is 1. The van der Waals surface area contributed by atoms with Crippen LogP contribution in [0.3, 0.4) is 0 Å². The summed E-state index contributed by atoms with van der Waals surface area (Å²) in [6.07, 6.45) is 2.26. The molecule has 3 heterocycles. The molecule has 1 aromatic carbocycles. The quantitative estimate of drug-likeness (QED) is 0.628. The molecule has 3 N–H and O–H groups in total. The molecule has 2 aromatic rings. The largest absolute Gasteiger partial charge is 0.496 e. The number of ether oxygens (including phenoxy) is 3. The van der Waals surface area contributed by atoms with Crippen LogP contribution in [0.15, 0.2) is 18.3 Å². The van der Waals surface area contributed by atoms with Gasteiger partial charge in [-0.25, -0.2) is 9.37 Å². The molecular weight excluding hydrogens is 441 g/mol. The molecular formula is C25H28FN3O5. The van der Waals surface area contributed by atoms with Crippen molar-refractivity contribution in [2.45, 2.75) is 38.4 Å². The smallest absolute Gasteiger partial charge is 0.255 e. The number of methoxy groups -OCH3 is 1. The molecule has 2 aliphatic rings. The van der Waals surface area contributed by atoms with Crippen LogP contribution in [0.1, 0.15) is 42.1 Å². The Kier molecular flexibility index (Phi) is 7.17. The van der Waals surface area contributed by atoms with Gasteiger partial charge in [0, 0.05) is 42.0 Å². The summed E-state index contributed by atoms with van der Waals surface area (Å²) in [5.74, 6) is 5.52. The zero-order chi connectivity index (χ0) is 24.2. The van der Waals surface area contributed by atoms with E-state index in [1.807, 2.05) is 6.92 Å². The van der Waals surface area contributed by atoms with Gasteiger partial charge < -0.3 is 25.3 Å². The van der Waals surface area contributed by atoms with Crippen LogP contribution in [0.5, 0.6) is 11.6 Å². The van der Waals surface area contributed by atoms with Crippen LogP contribution in [0.2, 0.25) is 0 Å². The lowest BCUT2D eigenvalue weighted by Gasteiger charge is -2.19. The number of benzene rings is 1. The standard InChI is InChI=1S/C25H28FN3O5/c1-3-16-20(29-24(31)22(16)26)13-34-25-18-11-21(32-2)19(23(27)30)10-17(18)15(12-28-25)5-4-14-6-8-33-9-7-14/h10-12,14,16,20,22H,3,6-9,13H2,1-2H3,(H2,27,30)(H,29,31)/t16-,20+,22?/m0/s1. The molecule has 2 fully saturated rings. The molecule has 0 spiro atoms. The summed E-state index contributed by atoms with van der Waals surface area (Å²) >= 11 is 0. The highest BCUT2D eigenvalue weighted by Gasteiger charge is 2.41. The van der Waals surface area contributed by atoms with Crippen molar-refractivity contribution < 1.29 is 28.2 Å². The molecule has 0 saturated carbocycles. The number of carbonyl (C=O) groups is 2. The number of fused-ring (bicyclic) bond motifs is 1. The molecule has 0 bridgehead atoms. The van der Waals surface area contributed by atoms with Gasteiger partial charge in [0.2, 0.25) is 5.88 Å². The Morgan fingerprint density at radius 3 is 2.76 bits per heavy atom. The maximum atomic E-state index is 14.2. The highest BCUT2D eigenvalue weighted by molar-refractivity contribution is 6.03.